The van der Waals surface area contributed by atoms with Crippen molar-refractivity contribution in [3.8, 4) is 0 Å². The van der Waals surface area contributed by atoms with E-state index >= 15 is 0 Å². The number of carbonyl (C=O) groups excluding carboxylic acids is 1. The van der Waals surface area contributed by atoms with Crippen molar-refractivity contribution in [1.82, 2.24) is 0 Å². The lowest BCUT2D eigenvalue weighted by Crippen LogP contribution is -2.22. The third-order valence-corrected chi connectivity index (χ3v) is 2.08. The number of hydrogen-bond acceptors (Lipinski definition) is 2. The number of allylic oxidation sites excluding steroid dienone is 1. The molecule has 0 aliphatic carbocycles. The van der Waals surface area contributed by atoms with Crippen molar-refractivity contribution in [2.75, 3.05) is 5.32 Å². The van der Waals surface area contributed by atoms with Gasteiger partial charge in [0.15, 0.2) is 0 Å². The van der Waals surface area contributed by atoms with Crippen LogP contribution in [0.4, 0.5) is 5.69 Å². The van der Waals surface area contributed by atoms with Crippen LogP contribution in [0, 0.1) is 0 Å². The summed E-state index contributed by atoms with van der Waals surface area (Å²) in [4.78, 5) is 10.9. The smallest absolute Gasteiger partial charge is 0.264 e. The van der Waals surface area contributed by atoms with E-state index in [-0.39, 0.29) is 0 Å². The summed E-state index contributed by atoms with van der Waals surface area (Å²) in [6, 6.07) is 7.86. The fourth-order valence-corrected chi connectivity index (χ4v) is 1.39. The van der Waals surface area contributed by atoms with Gasteiger partial charge in [-0.25, -0.2) is 0 Å². The van der Waals surface area contributed by atoms with Crippen molar-refractivity contribution >= 4 is 11.6 Å². The Morgan fingerprint density at radius 2 is 2.15 bits per heavy atom. The molecule has 0 saturated carbocycles. The van der Waals surface area contributed by atoms with Gasteiger partial charge in [-0.3, -0.25) is 4.79 Å². The number of amides is 1. The number of anilines is 1. The molecule has 0 spiro atoms. The second-order valence-electron chi connectivity index (χ2n) is 2.97. The zero-order valence-electron chi connectivity index (χ0n) is 7.08. The predicted molar refractivity (Wildman–Crippen MR) is 51.0 cm³/mol. The molecule has 0 atom stereocenters. The van der Waals surface area contributed by atoms with E-state index in [2.05, 4.69) is 5.32 Å². The standard InChI is InChI=1S/C10H10N2O/c11-10(13)9-6-5-7-3-1-2-4-8(7)12-9/h1-4,6,12H,5H2,(H2,11,13). The maximum Gasteiger partial charge on any atom is 0.264 e. The number of benzene rings is 1. The van der Waals surface area contributed by atoms with Crippen molar-refractivity contribution in [3.63, 3.8) is 0 Å². The van der Waals surface area contributed by atoms with E-state index in [1.54, 1.807) is 0 Å². The highest BCUT2D eigenvalue weighted by molar-refractivity contribution is 5.95. The molecule has 66 valence electrons. The zero-order chi connectivity index (χ0) is 9.26. The highest BCUT2D eigenvalue weighted by Crippen LogP contribution is 2.22. The maximum atomic E-state index is 10.9. The average Bonchev–Trinajstić information content (AvgIpc) is 2.17. The van der Waals surface area contributed by atoms with E-state index in [1.165, 1.54) is 5.56 Å². The Morgan fingerprint density at radius 3 is 2.92 bits per heavy atom. The second-order valence-corrected chi connectivity index (χ2v) is 2.97. The minimum atomic E-state index is -0.408. The van der Waals surface area contributed by atoms with Gasteiger partial charge in [-0.2, -0.15) is 0 Å². The predicted octanol–water partition coefficient (Wildman–Crippen LogP) is 1.02. The number of hydrogen-bond donors (Lipinski definition) is 2. The van der Waals surface area contributed by atoms with E-state index in [1.807, 2.05) is 30.3 Å². The Hall–Kier alpha value is -1.77. The SMILES string of the molecule is NC(=O)C1=CCc2ccccc2N1. The third kappa shape index (κ3) is 1.40. The molecule has 3 N–H and O–H groups in total. The lowest BCUT2D eigenvalue weighted by Gasteiger charge is -2.16. The first kappa shape index (κ1) is 7.86. The molecule has 1 amide bonds. The Kier molecular flexibility index (Phi) is 1.77. The van der Waals surface area contributed by atoms with Crippen LogP contribution in [0.15, 0.2) is 36.0 Å². The average molecular weight is 174 g/mol. The fraction of sp³-hybridized carbons (Fsp3) is 0.100. The number of carbonyl (C=O) groups is 1. The fourth-order valence-electron chi connectivity index (χ4n) is 1.39. The topological polar surface area (TPSA) is 55.1 Å². The Morgan fingerprint density at radius 1 is 1.38 bits per heavy atom. The zero-order valence-corrected chi connectivity index (χ0v) is 7.08. The maximum absolute atomic E-state index is 10.9. The van der Waals surface area contributed by atoms with Crippen LogP contribution in [0.1, 0.15) is 5.56 Å². The molecule has 0 radical (unpaired) electrons. The molecule has 1 heterocycles. The van der Waals surface area contributed by atoms with Crippen LogP contribution >= 0.6 is 0 Å². The first-order valence-electron chi connectivity index (χ1n) is 4.12. The molecule has 3 heteroatoms. The molecule has 13 heavy (non-hydrogen) atoms. The van der Waals surface area contributed by atoms with E-state index < -0.39 is 5.91 Å². The molecule has 0 saturated heterocycles. The Bertz CT molecular complexity index is 382. The summed E-state index contributed by atoms with van der Waals surface area (Å²) in [7, 11) is 0. The summed E-state index contributed by atoms with van der Waals surface area (Å²) in [5.41, 5.74) is 7.80. The monoisotopic (exact) mass is 174 g/mol. The molecule has 0 fully saturated rings. The Labute approximate surface area is 76.2 Å². The van der Waals surface area contributed by atoms with Gasteiger partial charge in [-0.05, 0) is 18.1 Å². The van der Waals surface area contributed by atoms with Gasteiger partial charge >= 0.3 is 0 Å². The van der Waals surface area contributed by atoms with E-state index in [4.69, 9.17) is 5.73 Å². The first-order valence-corrected chi connectivity index (χ1v) is 4.12. The van der Waals surface area contributed by atoms with E-state index in [0.29, 0.717) is 5.70 Å². The van der Waals surface area contributed by atoms with Crippen LogP contribution in [0.3, 0.4) is 0 Å². The van der Waals surface area contributed by atoms with Gasteiger partial charge < -0.3 is 11.1 Å². The van der Waals surface area contributed by atoms with Crippen LogP contribution in [-0.4, -0.2) is 5.91 Å². The van der Waals surface area contributed by atoms with Crippen molar-refractivity contribution in [1.29, 1.82) is 0 Å². The molecule has 0 bridgehead atoms. The molecule has 1 aliphatic heterocycles. The molecule has 1 aromatic carbocycles. The molecule has 3 nitrogen and oxygen atoms in total. The highest BCUT2D eigenvalue weighted by atomic mass is 16.1. The normalized spacial score (nSPS) is 14.0. The number of rotatable bonds is 1. The molecule has 0 unspecified atom stereocenters. The number of nitrogens with one attached hydrogen (secondary N) is 1. The second kappa shape index (κ2) is 2.94. The number of nitrogens with two attached hydrogens (primary N) is 1. The third-order valence-electron chi connectivity index (χ3n) is 2.08. The van der Waals surface area contributed by atoms with Crippen LogP contribution < -0.4 is 11.1 Å². The first-order chi connectivity index (χ1) is 6.27. The van der Waals surface area contributed by atoms with Crippen LogP contribution in [0.2, 0.25) is 0 Å². The van der Waals surface area contributed by atoms with Crippen LogP contribution in [-0.2, 0) is 11.2 Å². The number of fused-ring (bicyclic) bond motifs is 1. The van der Waals surface area contributed by atoms with E-state index in [0.717, 1.165) is 12.1 Å². The summed E-state index contributed by atoms with van der Waals surface area (Å²) < 4.78 is 0. The molecule has 2 rings (SSSR count). The van der Waals surface area contributed by atoms with Gasteiger partial charge in [0.1, 0.15) is 5.70 Å². The number of primary amides is 1. The summed E-state index contributed by atoms with van der Waals surface area (Å²) >= 11 is 0. The lowest BCUT2D eigenvalue weighted by atomic mass is 10.1. The van der Waals surface area contributed by atoms with Gasteiger partial charge in [-0.1, -0.05) is 24.3 Å². The minimum Gasteiger partial charge on any atom is -0.364 e. The van der Waals surface area contributed by atoms with Gasteiger partial charge in [0, 0.05) is 5.69 Å². The van der Waals surface area contributed by atoms with Crippen LogP contribution in [0.25, 0.3) is 0 Å². The molecule has 0 aromatic heterocycles. The molecular weight excluding hydrogens is 164 g/mol. The van der Waals surface area contributed by atoms with Gasteiger partial charge in [0.25, 0.3) is 5.91 Å². The van der Waals surface area contributed by atoms with Crippen molar-refractivity contribution in [3.05, 3.63) is 41.6 Å². The summed E-state index contributed by atoms with van der Waals surface area (Å²) in [5, 5.41) is 2.98. The van der Waals surface area contributed by atoms with Crippen molar-refractivity contribution in [2.24, 2.45) is 5.73 Å². The molecular formula is C10H10N2O. The van der Waals surface area contributed by atoms with Gasteiger partial charge in [-0.15, -0.1) is 0 Å². The van der Waals surface area contributed by atoms with Crippen LogP contribution in [0.5, 0.6) is 0 Å². The highest BCUT2D eigenvalue weighted by Gasteiger charge is 2.12. The van der Waals surface area contributed by atoms with Crippen molar-refractivity contribution < 1.29 is 4.79 Å². The largest absolute Gasteiger partial charge is 0.364 e. The van der Waals surface area contributed by atoms with Gasteiger partial charge in [0.05, 0.1) is 0 Å². The van der Waals surface area contributed by atoms with E-state index in [9.17, 15) is 4.79 Å². The quantitative estimate of drug-likeness (QED) is 0.668. The van der Waals surface area contributed by atoms with Gasteiger partial charge in [0.2, 0.25) is 0 Å². The summed E-state index contributed by atoms with van der Waals surface area (Å²) in [6.45, 7) is 0. The lowest BCUT2D eigenvalue weighted by molar-refractivity contribution is -0.114. The molecule has 1 aromatic rings. The molecule has 1 aliphatic rings. The Balaban J connectivity index is 2.33. The minimum absolute atomic E-state index is 0.408. The summed E-state index contributed by atoms with van der Waals surface area (Å²) in [5.74, 6) is -0.408. The van der Waals surface area contributed by atoms with Crippen molar-refractivity contribution in [2.45, 2.75) is 6.42 Å². The summed E-state index contributed by atoms with van der Waals surface area (Å²) in [6.07, 6.45) is 2.58. The number of para-hydroxylation sites is 1.